The first kappa shape index (κ1) is 39.1. The maximum absolute atomic E-state index is 14.7. The maximum Gasteiger partial charge on any atom is 0.573 e. The van der Waals surface area contributed by atoms with Crippen LogP contribution in [0.1, 0.15) is 25.5 Å². The van der Waals surface area contributed by atoms with Gasteiger partial charge in [-0.15, -0.1) is 13.2 Å². The minimum absolute atomic E-state index is 0.0359. The fourth-order valence-electron chi connectivity index (χ4n) is 6.33. The molecule has 1 aliphatic heterocycles. The minimum Gasteiger partial charge on any atom is -0.454 e. The second-order valence-corrected chi connectivity index (χ2v) is 12.9. The number of para-hydroxylation sites is 4. The Hall–Kier alpha value is -7.77. The highest BCUT2D eigenvalue weighted by molar-refractivity contribution is 5.79. The number of imidazole rings is 2. The van der Waals surface area contributed by atoms with Crippen molar-refractivity contribution < 1.29 is 36.2 Å². The number of nitrogens with zero attached hydrogens (tertiary/aromatic N) is 8. The monoisotopic (exact) mass is 824 g/mol. The lowest BCUT2D eigenvalue weighted by atomic mass is 10.2. The van der Waals surface area contributed by atoms with Gasteiger partial charge in [0.25, 0.3) is 0 Å². The molecule has 0 aliphatic carbocycles. The van der Waals surface area contributed by atoms with E-state index in [-0.39, 0.29) is 47.6 Å². The summed E-state index contributed by atoms with van der Waals surface area (Å²) in [7, 11) is 0. The molecule has 0 spiro atoms. The number of nitrogens with two attached hydrogens (primary N) is 2. The molecule has 0 saturated carbocycles. The zero-order valence-corrected chi connectivity index (χ0v) is 31.6. The molecular weight excluding hydrogens is 792 g/mol. The van der Waals surface area contributed by atoms with Crippen molar-refractivity contribution in [3.8, 4) is 29.1 Å². The smallest absolute Gasteiger partial charge is 0.454 e. The lowest BCUT2D eigenvalue weighted by molar-refractivity contribution is -0.274. The van der Waals surface area contributed by atoms with E-state index in [0.717, 1.165) is 40.0 Å². The second kappa shape index (κ2) is 15.9. The van der Waals surface area contributed by atoms with Crippen LogP contribution in [0.5, 0.6) is 17.2 Å². The number of fused-ring (bicyclic) bond motifs is 3. The number of benzene rings is 4. The van der Waals surface area contributed by atoms with Crippen molar-refractivity contribution in [3.63, 3.8) is 0 Å². The van der Waals surface area contributed by atoms with Crippen molar-refractivity contribution >= 4 is 56.7 Å². The quantitative estimate of drug-likeness (QED) is 0.102. The Labute approximate surface area is 336 Å². The van der Waals surface area contributed by atoms with E-state index < -0.39 is 23.7 Å². The summed E-state index contributed by atoms with van der Waals surface area (Å²) in [6, 6.07) is 24.9. The summed E-state index contributed by atoms with van der Waals surface area (Å²) in [6.45, 7) is 4.05. The fourth-order valence-corrected chi connectivity index (χ4v) is 6.33. The van der Waals surface area contributed by atoms with Crippen molar-refractivity contribution in [2.24, 2.45) is 0 Å². The first-order valence-corrected chi connectivity index (χ1v) is 18.3. The molecule has 0 fully saturated rings. The van der Waals surface area contributed by atoms with Crippen LogP contribution in [0.4, 0.5) is 56.6 Å². The molecule has 20 heteroatoms. The van der Waals surface area contributed by atoms with Crippen LogP contribution < -0.4 is 36.3 Å². The standard InChI is InChI=1S/C20H16F4N6O.C20H17FN6O2/c1-2-15-27-13-5-3-4-6-14(13)30(15)19-28-17(25)16(21)18(29-19)26-11-7-9-12(10-8-11)31-20(22,23)24;1-2-16-24-12-5-3-4-6-13(12)27(16)20-25-18(22)17(21)19(26-20)23-11-7-8-14-15(9-11)29-10-28-14/h3-10H,2H2,1H3,(H3,25,26,28,29);3-9H,2,10H2,1H3,(H3,22,23,25,26). The number of ether oxygens (including phenoxy) is 3. The highest BCUT2D eigenvalue weighted by Gasteiger charge is 2.31. The van der Waals surface area contributed by atoms with Gasteiger partial charge in [-0.2, -0.15) is 28.7 Å². The molecule has 1 aliphatic rings. The van der Waals surface area contributed by atoms with E-state index >= 15 is 0 Å². The summed E-state index contributed by atoms with van der Waals surface area (Å²) in [5, 5.41) is 5.67. The Bertz CT molecular complexity index is 2870. The third-order valence-electron chi connectivity index (χ3n) is 9.01. The first-order chi connectivity index (χ1) is 28.9. The third-order valence-corrected chi connectivity index (χ3v) is 9.01. The molecule has 6 N–H and O–H groups in total. The van der Waals surface area contributed by atoms with Crippen LogP contribution in [0.3, 0.4) is 0 Å². The van der Waals surface area contributed by atoms with E-state index in [1.165, 1.54) is 12.1 Å². The van der Waals surface area contributed by atoms with Crippen molar-refractivity contribution in [1.29, 1.82) is 0 Å². The van der Waals surface area contributed by atoms with Crippen molar-refractivity contribution in [2.75, 3.05) is 28.9 Å². The fraction of sp³-hybridized carbons (Fsp3) is 0.150. The number of anilines is 6. The molecule has 15 nitrogen and oxygen atoms in total. The van der Waals surface area contributed by atoms with Crippen molar-refractivity contribution in [1.82, 2.24) is 39.0 Å². The van der Waals surface area contributed by atoms with E-state index in [1.54, 1.807) is 27.3 Å². The molecule has 5 heterocycles. The van der Waals surface area contributed by atoms with Gasteiger partial charge >= 0.3 is 6.36 Å². The number of halogens is 5. The molecule has 4 aromatic carbocycles. The zero-order chi connectivity index (χ0) is 42.1. The summed E-state index contributed by atoms with van der Waals surface area (Å²) < 4.78 is 84.2. The van der Waals surface area contributed by atoms with Gasteiger partial charge in [0.2, 0.25) is 30.3 Å². The molecule has 0 atom stereocenters. The van der Waals surface area contributed by atoms with Crippen molar-refractivity contribution in [3.05, 3.63) is 114 Å². The van der Waals surface area contributed by atoms with Gasteiger partial charge in [0, 0.05) is 30.3 Å². The number of hydrogen-bond acceptors (Lipinski definition) is 13. The number of alkyl halides is 3. The van der Waals surface area contributed by atoms with Gasteiger partial charge in [-0.05, 0) is 60.7 Å². The SMILES string of the molecule is CCc1nc2ccccc2n1-c1nc(N)c(F)c(Nc2ccc(OC(F)(F)F)cc2)n1.CCc1nc2ccccc2n1-c1nc(N)c(F)c(Nc2ccc3c(c2)OCO3)n1. The van der Waals surface area contributed by atoms with Crippen LogP contribution in [0.15, 0.2) is 91.0 Å². The predicted octanol–water partition coefficient (Wildman–Crippen LogP) is 8.31. The van der Waals surface area contributed by atoms with Crippen LogP contribution >= 0.6 is 0 Å². The third kappa shape index (κ3) is 7.89. The molecule has 0 unspecified atom stereocenters. The van der Waals surface area contributed by atoms with Crippen LogP contribution in [-0.2, 0) is 12.8 Å². The van der Waals surface area contributed by atoms with E-state index in [4.69, 9.17) is 20.9 Å². The first-order valence-electron chi connectivity index (χ1n) is 18.3. The van der Waals surface area contributed by atoms with E-state index in [1.807, 2.05) is 62.4 Å². The molecule has 0 saturated heterocycles. The summed E-state index contributed by atoms with van der Waals surface area (Å²) in [4.78, 5) is 26.0. The number of nitrogen functional groups attached to an aromatic ring is 2. The highest BCUT2D eigenvalue weighted by Crippen LogP contribution is 2.36. The largest absolute Gasteiger partial charge is 0.573 e. The molecular formula is C40H33F5N12O3. The Balaban J connectivity index is 0.000000167. The van der Waals surface area contributed by atoms with Crippen molar-refractivity contribution in [2.45, 2.75) is 33.1 Å². The summed E-state index contributed by atoms with van der Waals surface area (Å²) >= 11 is 0. The molecule has 306 valence electrons. The van der Waals surface area contributed by atoms with Gasteiger partial charge in [-0.3, -0.25) is 9.13 Å². The minimum atomic E-state index is -4.80. The average molecular weight is 825 g/mol. The second-order valence-electron chi connectivity index (χ2n) is 12.9. The van der Waals surface area contributed by atoms with Gasteiger partial charge in [-0.1, -0.05) is 38.1 Å². The predicted molar refractivity (Wildman–Crippen MR) is 213 cm³/mol. The number of rotatable bonds is 9. The lowest BCUT2D eigenvalue weighted by Gasteiger charge is -2.13. The van der Waals surface area contributed by atoms with Gasteiger partial charge in [-0.25, -0.2) is 9.97 Å². The Morgan fingerprint density at radius 1 is 0.633 bits per heavy atom. The summed E-state index contributed by atoms with van der Waals surface area (Å²) in [5.74, 6) is 0.0673. The Morgan fingerprint density at radius 2 is 1.12 bits per heavy atom. The van der Waals surface area contributed by atoms with Gasteiger partial charge < -0.3 is 36.3 Å². The summed E-state index contributed by atoms with van der Waals surface area (Å²) in [5.41, 5.74) is 15.6. The molecule has 0 radical (unpaired) electrons. The summed E-state index contributed by atoms with van der Waals surface area (Å²) in [6.07, 6.45) is -3.58. The van der Waals surface area contributed by atoms with Crippen LogP contribution in [-0.4, -0.2) is 52.2 Å². The van der Waals surface area contributed by atoms with E-state index in [0.29, 0.717) is 35.9 Å². The number of nitrogens with one attached hydrogen (secondary N) is 2. The lowest BCUT2D eigenvalue weighted by Crippen LogP contribution is -2.17. The number of hydrogen-bond donors (Lipinski definition) is 4. The number of aryl methyl sites for hydroxylation is 2. The van der Waals surface area contributed by atoms with Crippen LogP contribution in [0.25, 0.3) is 34.0 Å². The molecule has 4 aromatic heterocycles. The van der Waals surface area contributed by atoms with E-state index in [2.05, 4.69) is 45.3 Å². The van der Waals surface area contributed by atoms with Gasteiger partial charge in [0.05, 0.1) is 22.1 Å². The average Bonchev–Trinajstić information content (AvgIpc) is 3.96. The van der Waals surface area contributed by atoms with Crippen LogP contribution in [0, 0.1) is 11.6 Å². The maximum atomic E-state index is 14.7. The highest BCUT2D eigenvalue weighted by atomic mass is 19.4. The zero-order valence-electron chi connectivity index (χ0n) is 31.6. The molecule has 60 heavy (non-hydrogen) atoms. The molecule has 0 bridgehead atoms. The molecule has 8 aromatic rings. The van der Waals surface area contributed by atoms with Crippen LogP contribution in [0.2, 0.25) is 0 Å². The van der Waals surface area contributed by atoms with E-state index in [9.17, 15) is 22.0 Å². The number of aromatic nitrogens is 8. The Kier molecular flexibility index (Phi) is 10.3. The van der Waals surface area contributed by atoms with Gasteiger partial charge in [0.15, 0.2) is 34.8 Å². The topological polar surface area (TPSA) is 191 Å². The van der Waals surface area contributed by atoms with Gasteiger partial charge in [0.1, 0.15) is 17.4 Å². The Morgan fingerprint density at radius 3 is 1.63 bits per heavy atom. The molecule has 0 amide bonds. The molecule has 9 rings (SSSR count). The normalized spacial score (nSPS) is 12.1.